The summed E-state index contributed by atoms with van der Waals surface area (Å²) in [5.41, 5.74) is 4.06. The second-order valence-corrected chi connectivity index (χ2v) is 0.856. The van der Waals surface area contributed by atoms with Crippen LogP contribution in [0.5, 0.6) is 0 Å². The van der Waals surface area contributed by atoms with E-state index in [0.29, 0.717) is 0 Å². The van der Waals surface area contributed by atoms with Gasteiger partial charge >= 0.3 is 17.1 Å². The van der Waals surface area contributed by atoms with Crippen LogP contribution in [0.25, 0.3) is 0 Å². The first-order valence-electron chi connectivity index (χ1n) is 0.623. The fraction of sp³-hybridized carbons (Fsp3) is 0. The molecule has 0 aromatic heterocycles. The third kappa shape index (κ3) is 56.2. The van der Waals surface area contributed by atoms with Crippen molar-refractivity contribution in [1.82, 2.24) is 0 Å². The second kappa shape index (κ2) is 4.83. The van der Waals surface area contributed by atoms with E-state index in [4.69, 9.17) is 9.79 Å². The molecule has 0 aliphatic rings. The fourth-order valence-electron chi connectivity index (χ4n) is 0. The van der Waals surface area contributed by atoms with Gasteiger partial charge in [0.2, 0.25) is 0 Å². The van der Waals surface area contributed by atoms with Crippen molar-refractivity contribution in [3.63, 3.8) is 0 Å². The van der Waals surface area contributed by atoms with Gasteiger partial charge in [0, 0.05) is 0 Å². The minimum atomic E-state index is -2.62. The molecule has 0 rings (SSSR count). The van der Waals surface area contributed by atoms with Crippen LogP contribution < -0.4 is 15.3 Å². The molecule has 0 aliphatic carbocycles. The van der Waals surface area contributed by atoms with Crippen LogP contribution in [-0.4, -0.2) is 0 Å². The molecule has 0 bridgehead atoms. The molecule has 0 heterocycles. The Bertz CT molecular complexity index is 14.4. The van der Waals surface area contributed by atoms with E-state index in [1.54, 1.807) is 0 Å². The number of hydrogen-bond donors (Lipinski definition) is 1. The van der Waals surface area contributed by atoms with E-state index < -0.39 is 8.53 Å². The van der Waals surface area contributed by atoms with E-state index in [1.807, 2.05) is 0 Å². The smallest absolute Gasteiger partial charge is 0.830 e. The van der Waals surface area contributed by atoms with Crippen LogP contribution in [0, 0.1) is 0 Å². The van der Waals surface area contributed by atoms with Gasteiger partial charge < -0.3 is 15.3 Å². The topological polar surface area (TPSA) is 72.1 Å². The molecule has 2 N–H and O–H groups in total. The molecule has 0 aliphatic heterocycles. The normalized spacial score (nSPS) is 7.20. The maximum Gasteiger partial charge on any atom is 2.00 e. The number of hydrogen-bond acceptors (Lipinski definition) is 3. The van der Waals surface area contributed by atoms with Crippen LogP contribution in [0.2, 0.25) is 0 Å². The maximum atomic E-state index is 8.81. The average Bonchev–Trinajstić information content (AvgIpc) is 0.811. The van der Waals surface area contributed by atoms with E-state index in [9.17, 15) is 0 Å². The Labute approximate surface area is 41.6 Å². The van der Waals surface area contributed by atoms with E-state index in [2.05, 4.69) is 5.50 Å². The molecule has 35 valence electrons. The third-order valence-corrected chi connectivity index (χ3v) is 0. The average molecular weight is 143 g/mol. The largest absolute Gasteiger partial charge is 2.00 e. The van der Waals surface area contributed by atoms with E-state index >= 15 is 0 Å². The van der Waals surface area contributed by atoms with Crippen LogP contribution in [-0.2, 0) is 17.1 Å². The molecule has 0 unspecified atom stereocenters. The van der Waals surface area contributed by atoms with Crippen LogP contribution in [0.4, 0.5) is 0 Å². The van der Waals surface area contributed by atoms with Crippen molar-refractivity contribution >= 4 is 8.53 Å². The standard InChI is InChI=1S/Cu.H2NO2P/c;1-4(2)3/h;1H2/q+2;-2. The molecule has 3 nitrogen and oxygen atoms in total. The molecule has 0 fully saturated rings. The Kier molecular flexibility index (Phi) is 8.96. The zero-order chi connectivity index (χ0) is 3.58. The predicted octanol–water partition coefficient (Wildman–Crippen LogP) is -2.11. The van der Waals surface area contributed by atoms with Gasteiger partial charge in [-0.2, -0.15) is 0 Å². The fourth-order valence-corrected chi connectivity index (χ4v) is 0. The van der Waals surface area contributed by atoms with Crippen LogP contribution in [0.3, 0.4) is 0 Å². The molecular weight excluding hydrogens is 141 g/mol. The first-order valence-corrected chi connectivity index (χ1v) is 1.87. The quantitative estimate of drug-likeness (QED) is 0.311. The molecule has 1 radical (unpaired) electrons. The molecule has 5 heavy (non-hydrogen) atoms. The van der Waals surface area contributed by atoms with E-state index in [0.717, 1.165) is 0 Å². The zero-order valence-corrected chi connectivity index (χ0v) is 3.98. The maximum absolute atomic E-state index is 8.81. The summed E-state index contributed by atoms with van der Waals surface area (Å²) in [7, 11) is -2.62. The van der Waals surface area contributed by atoms with Crippen molar-refractivity contribution in [2.24, 2.45) is 5.50 Å². The molecule has 0 aromatic rings. The first kappa shape index (κ1) is 9.27. The van der Waals surface area contributed by atoms with Gasteiger partial charge in [-0.3, -0.25) is 0 Å². The molecule has 0 spiro atoms. The summed E-state index contributed by atoms with van der Waals surface area (Å²) in [6.45, 7) is 0. The molecule has 0 saturated heterocycles. The van der Waals surface area contributed by atoms with Crippen LogP contribution in [0.1, 0.15) is 0 Å². The van der Waals surface area contributed by atoms with Crippen molar-refractivity contribution in [3.8, 4) is 0 Å². The Balaban J connectivity index is 0. The summed E-state index contributed by atoms with van der Waals surface area (Å²) in [5.74, 6) is 0. The van der Waals surface area contributed by atoms with Gasteiger partial charge in [-0.15, -0.1) is 0 Å². The molecule has 5 heteroatoms. The van der Waals surface area contributed by atoms with Gasteiger partial charge in [-0.05, 0) is 0 Å². The molecule has 0 atom stereocenters. The van der Waals surface area contributed by atoms with Crippen molar-refractivity contribution in [1.29, 1.82) is 0 Å². The minimum absolute atomic E-state index is 0. The van der Waals surface area contributed by atoms with Crippen molar-refractivity contribution in [2.75, 3.05) is 0 Å². The summed E-state index contributed by atoms with van der Waals surface area (Å²) in [6, 6.07) is 0. The monoisotopic (exact) mass is 142 g/mol. The van der Waals surface area contributed by atoms with Crippen LogP contribution in [0.15, 0.2) is 0 Å². The zero-order valence-electron chi connectivity index (χ0n) is 2.14. The SMILES string of the molecule is NP([O-])[O-].[Cu+2]. The summed E-state index contributed by atoms with van der Waals surface area (Å²) < 4.78 is 0. The molecule has 0 amide bonds. The van der Waals surface area contributed by atoms with Crippen LogP contribution >= 0.6 is 8.53 Å². The van der Waals surface area contributed by atoms with E-state index in [-0.39, 0.29) is 17.1 Å². The Hall–Kier alpha value is 0.829. The summed E-state index contributed by atoms with van der Waals surface area (Å²) in [4.78, 5) is 17.6. The predicted molar refractivity (Wildman–Crippen MR) is 11.1 cm³/mol. The number of nitrogens with two attached hydrogens (primary N) is 1. The van der Waals surface area contributed by atoms with Crippen molar-refractivity contribution in [3.05, 3.63) is 0 Å². The molecular formula is H2CuNO2P. The first-order chi connectivity index (χ1) is 1.73. The van der Waals surface area contributed by atoms with Crippen molar-refractivity contribution < 1.29 is 26.9 Å². The van der Waals surface area contributed by atoms with Gasteiger partial charge in [-0.1, -0.05) is 0 Å². The third-order valence-electron chi connectivity index (χ3n) is 0. The Morgan fingerprint density at radius 2 is 1.40 bits per heavy atom. The number of rotatable bonds is 0. The van der Waals surface area contributed by atoms with Gasteiger partial charge in [0.1, 0.15) is 0 Å². The van der Waals surface area contributed by atoms with Gasteiger partial charge in [-0.25, -0.2) is 8.53 Å². The van der Waals surface area contributed by atoms with Gasteiger partial charge in [0.05, 0.1) is 0 Å². The Morgan fingerprint density at radius 3 is 1.40 bits per heavy atom. The summed E-state index contributed by atoms with van der Waals surface area (Å²) >= 11 is 0. The second-order valence-electron chi connectivity index (χ2n) is 0.285. The van der Waals surface area contributed by atoms with Gasteiger partial charge in [0.15, 0.2) is 0 Å². The minimum Gasteiger partial charge on any atom is -0.830 e. The van der Waals surface area contributed by atoms with E-state index in [1.165, 1.54) is 0 Å². The Morgan fingerprint density at radius 1 is 1.40 bits per heavy atom. The molecule has 0 saturated carbocycles. The van der Waals surface area contributed by atoms with Crippen molar-refractivity contribution in [2.45, 2.75) is 0 Å². The summed E-state index contributed by atoms with van der Waals surface area (Å²) in [5, 5.41) is 0. The summed E-state index contributed by atoms with van der Waals surface area (Å²) in [6.07, 6.45) is 0. The molecule has 0 aromatic carbocycles. The van der Waals surface area contributed by atoms with Gasteiger partial charge in [0.25, 0.3) is 0 Å².